The Morgan fingerprint density at radius 3 is 2.56 bits per heavy atom. The maximum absolute atomic E-state index is 13.8. The number of anilines is 1. The van der Waals surface area contributed by atoms with Gasteiger partial charge in [-0.15, -0.1) is 0 Å². The fraction of sp³-hybridized carbons (Fsp3) is 0.231. The van der Waals surface area contributed by atoms with Crippen LogP contribution in [-0.4, -0.2) is 27.5 Å². The molecule has 0 aromatic carbocycles. The number of alkyl halides is 3. The Kier molecular flexibility index (Phi) is 3.37. The number of H-pyrrole nitrogens is 1. The van der Waals surface area contributed by atoms with Gasteiger partial charge in [-0.2, -0.15) is 13.2 Å². The molecular formula is C13H9F3N4O5. The van der Waals surface area contributed by atoms with Gasteiger partial charge in [0.1, 0.15) is 11.4 Å². The van der Waals surface area contributed by atoms with Crippen LogP contribution in [0.4, 0.5) is 19.0 Å². The van der Waals surface area contributed by atoms with Gasteiger partial charge in [-0.1, -0.05) is 0 Å². The minimum Gasteiger partial charge on any atom is -0.459 e. The fourth-order valence-electron chi connectivity index (χ4n) is 2.53. The highest BCUT2D eigenvalue weighted by Crippen LogP contribution is 2.44. The van der Waals surface area contributed by atoms with E-state index in [1.807, 2.05) is 5.32 Å². The Labute approximate surface area is 135 Å². The number of halogens is 3. The first-order valence-electron chi connectivity index (χ1n) is 6.67. The highest BCUT2D eigenvalue weighted by Gasteiger charge is 2.68. The Balaban J connectivity index is 2.28. The lowest BCUT2D eigenvalue weighted by atomic mass is 9.92. The third kappa shape index (κ3) is 2.17. The number of aromatic amines is 1. The molecule has 1 aliphatic rings. The van der Waals surface area contributed by atoms with Crippen molar-refractivity contribution in [2.75, 3.05) is 5.32 Å². The Hall–Kier alpha value is -3.31. The quantitative estimate of drug-likeness (QED) is 0.686. The minimum atomic E-state index is -5.38. The minimum absolute atomic E-state index is 0.494. The standard InChI is InChI=1S/C13H9F3N4O5/c1-20-7-6(9(22)18-11(20)24)12(10(23)17-7,13(14,15)16)19-8(21)5-3-2-4-25-5/h2-4H,1H3,(H,17,23)(H,19,21)(H,18,22,24)/t12-/m1/s1. The second-order valence-corrected chi connectivity index (χ2v) is 5.18. The van der Waals surface area contributed by atoms with Gasteiger partial charge in [-0.3, -0.25) is 23.9 Å². The van der Waals surface area contributed by atoms with Crippen LogP contribution in [0.25, 0.3) is 0 Å². The van der Waals surface area contributed by atoms with E-state index in [-0.39, 0.29) is 0 Å². The van der Waals surface area contributed by atoms with Crippen LogP contribution in [0.5, 0.6) is 0 Å². The predicted molar refractivity (Wildman–Crippen MR) is 74.8 cm³/mol. The van der Waals surface area contributed by atoms with Crippen LogP contribution in [0.1, 0.15) is 16.1 Å². The Bertz CT molecular complexity index is 989. The molecule has 0 saturated carbocycles. The monoisotopic (exact) mass is 358 g/mol. The van der Waals surface area contributed by atoms with Crippen LogP contribution in [0.3, 0.4) is 0 Å². The molecule has 3 N–H and O–H groups in total. The molecule has 12 heteroatoms. The van der Waals surface area contributed by atoms with Gasteiger partial charge in [-0.05, 0) is 12.1 Å². The zero-order valence-corrected chi connectivity index (χ0v) is 12.4. The van der Waals surface area contributed by atoms with Crippen LogP contribution in [0.15, 0.2) is 32.4 Å². The maximum Gasteiger partial charge on any atom is 0.425 e. The summed E-state index contributed by atoms with van der Waals surface area (Å²) in [6, 6.07) is 2.34. The zero-order chi connectivity index (χ0) is 18.6. The molecular weight excluding hydrogens is 349 g/mol. The normalized spacial score (nSPS) is 19.4. The highest BCUT2D eigenvalue weighted by molar-refractivity contribution is 6.08. The number of hydrogen-bond acceptors (Lipinski definition) is 5. The van der Waals surface area contributed by atoms with Crippen molar-refractivity contribution < 1.29 is 27.2 Å². The second-order valence-electron chi connectivity index (χ2n) is 5.18. The molecule has 0 spiro atoms. The van der Waals surface area contributed by atoms with Crippen LogP contribution >= 0.6 is 0 Å². The van der Waals surface area contributed by atoms with E-state index in [1.165, 1.54) is 11.4 Å². The molecule has 2 aromatic heterocycles. The zero-order valence-electron chi connectivity index (χ0n) is 12.4. The number of nitrogens with zero attached hydrogens (tertiary/aromatic N) is 1. The van der Waals surface area contributed by atoms with Crippen LogP contribution in [-0.2, 0) is 17.4 Å². The van der Waals surface area contributed by atoms with Gasteiger partial charge in [0, 0.05) is 7.05 Å². The Morgan fingerprint density at radius 1 is 1.32 bits per heavy atom. The van der Waals surface area contributed by atoms with E-state index in [9.17, 15) is 32.3 Å². The third-order valence-electron chi connectivity index (χ3n) is 3.74. The summed E-state index contributed by atoms with van der Waals surface area (Å²) in [6.45, 7) is 0. The van der Waals surface area contributed by atoms with Crippen molar-refractivity contribution in [3.63, 3.8) is 0 Å². The topological polar surface area (TPSA) is 126 Å². The number of fused-ring (bicyclic) bond motifs is 1. The smallest absolute Gasteiger partial charge is 0.425 e. The highest BCUT2D eigenvalue weighted by atomic mass is 19.4. The molecule has 0 radical (unpaired) electrons. The molecule has 3 heterocycles. The van der Waals surface area contributed by atoms with Crippen molar-refractivity contribution >= 4 is 17.6 Å². The van der Waals surface area contributed by atoms with Gasteiger partial charge in [0.25, 0.3) is 22.9 Å². The molecule has 25 heavy (non-hydrogen) atoms. The van der Waals surface area contributed by atoms with E-state index in [0.717, 1.165) is 19.4 Å². The molecule has 0 fully saturated rings. The van der Waals surface area contributed by atoms with Crippen molar-refractivity contribution in [3.05, 3.63) is 50.6 Å². The number of carbonyl (C=O) groups is 2. The molecule has 3 rings (SSSR count). The summed E-state index contributed by atoms with van der Waals surface area (Å²) in [5.41, 5.74) is -7.29. The van der Waals surface area contributed by atoms with Gasteiger partial charge in [0.15, 0.2) is 5.76 Å². The van der Waals surface area contributed by atoms with Crippen molar-refractivity contribution in [3.8, 4) is 0 Å². The number of rotatable bonds is 2. The van der Waals surface area contributed by atoms with Gasteiger partial charge in [0.05, 0.1) is 6.26 Å². The van der Waals surface area contributed by atoms with E-state index < -0.39 is 51.9 Å². The molecule has 2 amide bonds. The summed E-state index contributed by atoms with van der Waals surface area (Å²) in [5, 5.41) is 3.36. The van der Waals surface area contributed by atoms with Gasteiger partial charge in [-0.25, -0.2) is 4.79 Å². The molecule has 0 saturated heterocycles. The first-order valence-corrected chi connectivity index (χ1v) is 6.67. The summed E-state index contributed by atoms with van der Waals surface area (Å²) >= 11 is 0. The number of hydrogen-bond donors (Lipinski definition) is 3. The van der Waals surface area contributed by atoms with Crippen molar-refractivity contribution in [1.82, 2.24) is 14.9 Å². The summed E-state index contributed by atoms with van der Waals surface area (Å²) in [7, 11) is 1.05. The SMILES string of the molecule is Cn1c2c(c(=O)[nH]c1=O)[C@](NC(=O)c1ccco1)(C(F)(F)F)C(=O)N2. The third-order valence-corrected chi connectivity index (χ3v) is 3.74. The number of furan rings is 1. The predicted octanol–water partition coefficient (Wildman–Crippen LogP) is -0.194. The molecule has 0 aliphatic carbocycles. The number of carbonyl (C=O) groups excluding carboxylic acids is 2. The molecule has 9 nitrogen and oxygen atoms in total. The van der Waals surface area contributed by atoms with Crippen molar-refractivity contribution in [2.45, 2.75) is 11.7 Å². The van der Waals surface area contributed by atoms with E-state index in [0.29, 0.717) is 4.57 Å². The average molecular weight is 358 g/mol. The van der Waals surface area contributed by atoms with E-state index in [4.69, 9.17) is 4.42 Å². The Morgan fingerprint density at radius 2 is 2.00 bits per heavy atom. The van der Waals surface area contributed by atoms with Crippen LogP contribution in [0.2, 0.25) is 0 Å². The molecule has 1 atom stereocenters. The van der Waals surface area contributed by atoms with E-state index in [1.54, 1.807) is 4.98 Å². The van der Waals surface area contributed by atoms with Crippen molar-refractivity contribution in [1.29, 1.82) is 0 Å². The van der Waals surface area contributed by atoms with Gasteiger partial charge < -0.3 is 15.1 Å². The molecule has 0 unspecified atom stereocenters. The van der Waals surface area contributed by atoms with E-state index >= 15 is 0 Å². The van der Waals surface area contributed by atoms with Crippen LogP contribution < -0.4 is 21.9 Å². The molecule has 0 bridgehead atoms. The summed E-state index contributed by atoms with van der Waals surface area (Å²) in [6.07, 6.45) is -4.33. The fourth-order valence-corrected chi connectivity index (χ4v) is 2.53. The van der Waals surface area contributed by atoms with Crippen molar-refractivity contribution in [2.24, 2.45) is 7.05 Å². The van der Waals surface area contributed by atoms with Crippen LogP contribution in [0, 0.1) is 0 Å². The lowest BCUT2D eigenvalue weighted by Crippen LogP contribution is -2.62. The lowest BCUT2D eigenvalue weighted by molar-refractivity contribution is -0.196. The first kappa shape index (κ1) is 16.5. The summed E-state index contributed by atoms with van der Waals surface area (Å²) in [4.78, 5) is 49.5. The summed E-state index contributed by atoms with van der Waals surface area (Å²) in [5.74, 6) is -4.23. The van der Waals surface area contributed by atoms with Gasteiger partial charge >= 0.3 is 11.9 Å². The largest absolute Gasteiger partial charge is 0.459 e. The summed E-state index contributed by atoms with van der Waals surface area (Å²) < 4.78 is 46.8. The van der Waals surface area contributed by atoms with E-state index in [2.05, 4.69) is 0 Å². The number of nitrogens with one attached hydrogen (secondary N) is 3. The maximum atomic E-state index is 13.8. The molecule has 132 valence electrons. The lowest BCUT2D eigenvalue weighted by Gasteiger charge is -2.29. The second kappa shape index (κ2) is 5.09. The average Bonchev–Trinajstić information content (AvgIpc) is 3.12. The molecule has 1 aliphatic heterocycles. The number of aromatic nitrogens is 2. The molecule has 2 aromatic rings. The first-order chi connectivity index (χ1) is 11.6. The number of amides is 2. The van der Waals surface area contributed by atoms with Gasteiger partial charge in [0.2, 0.25) is 0 Å².